The van der Waals surface area contributed by atoms with Crippen molar-refractivity contribution in [2.75, 3.05) is 26.3 Å². The summed E-state index contributed by atoms with van der Waals surface area (Å²) in [6.45, 7) is 0.979. The first-order valence-electron chi connectivity index (χ1n) is 3.66. The molecule has 0 aliphatic carbocycles. The van der Waals surface area contributed by atoms with E-state index in [0.29, 0.717) is 26.2 Å². The maximum Gasteiger partial charge on any atom is 0.457 e. The summed E-state index contributed by atoms with van der Waals surface area (Å²) in [6, 6.07) is 0. The Hall–Kier alpha value is -0.330. The minimum absolute atomic E-state index is 0.117. The van der Waals surface area contributed by atoms with Gasteiger partial charge in [-0.25, -0.2) is 5.32 Å². The van der Waals surface area contributed by atoms with E-state index in [0.717, 1.165) is 0 Å². The number of hydrogen-bond acceptors (Lipinski definition) is 3. The summed E-state index contributed by atoms with van der Waals surface area (Å²) in [6.07, 6.45) is -3.95. The molecule has 3 N–H and O–H groups in total. The summed E-state index contributed by atoms with van der Waals surface area (Å²) in [7, 11) is 0. The smallest absolute Gasteiger partial charge is 0.380 e. The highest BCUT2D eigenvalue weighted by atomic mass is 19.4. The minimum Gasteiger partial charge on any atom is -0.380 e. The van der Waals surface area contributed by atoms with Gasteiger partial charge in [-0.2, -0.15) is 13.2 Å². The molecule has 0 bridgehead atoms. The van der Waals surface area contributed by atoms with Crippen LogP contribution in [-0.4, -0.2) is 32.6 Å². The minimum atomic E-state index is -4.28. The lowest BCUT2D eigenvalue weighted by molar-refractivity contribution is -0.157. The van der Waals surface area contributed by atoms with E-state index in [1.165, 1.54) is 5.32 Å². The van der Waals surface area contributed by atoms with Gasteiger partial charge in [-0.3, -0.25) is 0 Å². The van der Waals surface area contributed by atoms with Crippen LogP contribution >= 0.6 is 0 Å². The Morgan fingerprint density at radius 2 is 1.92 bits per heavy atom. The molecule has 6 heteroatoms. The number of rotatable bonds is 6. The number of nitrogens with two attached hydrogens (primary N) is 1. The zero-order chi connectivity index (χ0) is 9.45. The molecule has 0 radical (unpaired) electrons. The van der Waals surface area contributed by atoms with E-state index in [9.17, 15) is 13.2 Å². The van der Waals surface area contributed by atoms with Gasteiger partial charge in [0.15, 0.2) is 0 Å². The third kappa shape index (κ3) is 9.67. The summed E-state index contributed by atoms with van der Waals surface area (Å²) < 4.78 is 39.2. The van der Waals surface area contributed by atoms with Crippen molar-refractivity contribution in [1.29, 1.82) is 0 Å². The molecule has 0 heterocycles. The molecule has 0 unspecified atom stereocenters. The topological polar surface area (TPSA) is 47.3 Å². The van der Waals surface area contributed by atoms with Crippen molar-refractivity contribution in [2.45, 2.75) is 12.7 Å². The van der Waals surface area contributed by atoms with Crippen LogP contribution in [0.3, 0.4) is 0 Å². The van der Waals surface area contributed by atoms with Crippen molar-refractivity contribution in [3.63, 3.8) is 0 Å². The van der Waals surface area contributed by atoms with Gasteiger partial charge in [0.1, 0.15) is 0 Å². The van der Waals surface area contributed by atoms with E-state index in [1.54, 1.807) is 0 Å². The first kappa shape index (κ1) is 11.7. The number of hydrogen-bond donors (Lipinski definition) is 2. The average molecular weight is 186 g/mol. The van der Waals surface area contributed by atoms with Gasteiger partial charge in [-0.1, -0.05) is 0 Å². The zero-order valence-corrected chi connectivity index (χ0v) is 6.66. The molecule has 0 atom stereocenters. The van der Waals surface area contributed by atoms with Crippen LogP contribution in [0.2, 0.25) is 0 Å². The van der Waals surface area contributed by atoms with Gasteiger partial charge in [0.25, 0.3) is 0 Å². The number of alkyl halides is 3. The molecule has 0 aromatic heterocycles. The lowest BCUT2D eigenvalue weighted by atomic mass is 10.4. The Kier molecular flexibility index (Phi) is 6.04. The predicted molar refractivity (Wildman–Crippen MR) is 38.5 cm³/mol. The molecule has 0 rings (SSSR count). The summed E-state index contributed by atoms with van der Waals surface area (Å²) in [4.78, 5) is 0. The summed E-state index contributed by atoms with van der Waals surface area (Å²) in [5, 5.41) is 1.39. The standard InChI is InChI=1S/C6H13F3N2O/c7-6(8,9)11-3-1-4-12-5-2-10/h11H,1-5,10H2. The summed E-state index contributed by atoms with van der Waals surface area (Å²) >= 11 is 0. The van der Waals surface area contributed by atoms with Gasteiger partial charge in [0, 0.05) is 19.7 Å². The number of ether oxygens (including phenoxy) is 1. The Balaban J connectivity index is 3.01. The first-order chi connectivity index (χ1) is 5.56. The van der Waals surface area contributed by atoms with Crippen LogP contribution in [-0.2, 0) is 4.74 Å². The Bertz CT molecular complexity index is 107. The van der Waals surface area contributed by atoms with Crippen molar-refractivity contribution in [2.24, 2.45) is 5.73 Å². The SMILES string of the molecule is NCCOCCCNC(F)(F)F. The molecule has 0 aliphatic rings. The monoisotopic (exact) mass is 186 g/mol. The van der Waals surface area contributed by atoms with E-state index >= 15 is 0 Å². The molecule has 0 amide bonds. The fraction of sp³-hybridized carbons (Fsp3) is 1.00. The van der Waals surface area contributed by atoms with Crippen LogP contribution < -0.4 is 11.1 Å². The highest BCUT2D eigenvalue weighted by molar-refractivity contribution is 4.48. The van der Waals surface area contributed by atoms with Crippen LogP contribution in [0.5, 0.6) is 0 Å². The van der Waals surface area contributed by atoms with Gasteiger partial charge in [-0.15, -0.1) is 0 Å². The van der Waals surface area contributed by atoms with Crippen molar-refractivity contribution in [3.8, 4) is 0 Å². The summed E-state index contributed by atoms with van der Waals surface area (Å²) in [5.74, 6) is 0. The van der Waals surface area contributed by atoms with Gasteiger partial charge in [0.05, 0.1) is 6.61 Å². The van der Waals surface area contributed by atoms with Gasteiger partial charge >= 0.3 is 6.30 Å². The fourth-order valence-corrected chi connectivity index (χ4v) is 0.590. The second kappa shape index (κ2) is 6.22. The fourth-order valence-electron chi connectivity index (χ4n) is 0.590. The Morgan fingerprint density at radius 1 is 1.25 bits per heavy atom. The lowest BCUT2D eigenvalue weighted by Crippen LogP contribution is -2.32. The van der Waals surface area contributed by atoms with E-state index in [-0.39, 0.29) is 6.54 Å². The second-order valence-electron chi connectivity index (χ2n) is 2.18. The third-order valence-electron chi connectivity index (χ3n) is 1.05. The molecule has 74 valence electrons. The lowest BCUT2D eigenvalue weighted by Gasteiger charge is -2.07. The van der Waals surface area contributed by atoms with E-state index in [4.69, 9.17) is 10.5 Å². The molecular weight excluding hydrogens is 173 g/mol. The van der Waals surface area contributed by atoms with Gasteiger partial charge in [-0.05, 0) is 6.42 Å². The summed E-state index contributed by atoms with van der Waals surface area (Å²) in [5.41, 5.74) is 5.09. The van der Waals surface area contributed by atoms with E-state index in [1.807, 2.05) is 0 Å². The zero-order valence-electron chi connectivity index (χ0n) is 6.66. The van der Waals surface area contributed by atoms with Crippen LogP contribution in [0.25, 0.3) is 0 Å². The van der Waals surface area contributed by atoms with Gasteiger partial charge in [0.2, 0.25) is 0 Å². The highest BCUT2D eigenvalue weighted by Crippen LogP contribution is 2.08. The van der Waals surface area contributed by atoms with Crippen molar-refractivity contribution in [3.05, 3.63) is 0 Å². The molecule has 0 saturated carbocycles. The molecule has 0 aliphatic heterocycles. The molecule has 3 nitrogen and oxygen atoms in total. The normalized spacial score (nSPS) is 12.0. The number of halogens is 3. The van der Waals surface area contributed by atoms with E-state index in [2.05, 4.69) is 0 Å². The predicted octanol–water partition coefficient (Wildman–Crippen LogP) is 0.461. The van der Waals surface area contributed by atoms with Crippen molar-refractivity contribution < 1.29 is 17.9 Å². The Morgan fingerprint density at radius 3 is 2.42 bits per heavy atom. The van der Waals surface area contributed by atoms with Crippen LogP contribution in [0.1, 0.15) is 6.42 Å². The molecule has 0 fully saturated rings. The van der Waals surface area contributed by atoms with Gasteiger partial charge < -0.3 is 10.5 Å². The van der Waals surface area contributed by atoms with Crippen LogP contribution in [0.4, 0.5) is 13.2 Å². The quantitative estimate of drug-likeness (QED) is 0.468. The maximum absolute atomic E-state index is 11.5. The molecule has 0 saturated heterocycles. The molecule has 0 spiro atoms. The van der Waals surface area contributed by atoms with Crippen LogP contribution in [0.15, 0.2) is 0 Å². The Labute approximate surface area is 69.1 Å². The second-order valence-corrected chi connectivity index (χ2v) is 2.18. The van der Waals surface area contributed by atoms with Crippen molar-refractivity contribution in [1.82, 2.24) is 5.32 Å². The third-order valence-corrected chi connectivity index (χ3v) is 1.05. The average Bonchev–Trinajstić information content (AvgIpc) is 1.94. The largest absolute Gasteiger partial charge is 0.457 e. The van der Waals surface area contributed by atoms with Crippen molar-refractivity contribution >= 4 is 0 Å². The first-order valence-corrected chi connectivity index (χ1v) is 3.66. The van der Waals surface area contributed by atoms with E-state index < -0.39 is 6.30 Å². The maximum atomic E-state index is 11.5. The highest BCUT2D eigenvalue weighted by Gasteiger charge is 2.25. The molecule has 0 aromatic rings. The molecule has 0 aromatic carbocycles. The van der Waals surface area contributed by atoms with Crippen LogP contribution in [0, 0.1) is 0 Å². The molecule has 12 heavy (non-hydrogen) atoms. The molecular formula is C6H13F3N2O. The number of nitrogens with one attached hydrogen (secondary N) is 1.